The summed E-state index contributed by atoms with van der Waals surface area (Å²) in [5, 5.41) is 0. The molecule has 3 fully saturated rings. The van der Waals surface area contributed by atoms with Crippen LogP contribution in [0.25, 0.3) is 0 Å². The van der Waals surface area contributed by atoms with E-state index in [0.29, 0.717) is 18.7 Å². The van der Waals surface area contributed by atoms with Crippen molar-refractivity contribution < 1.29 is 14.3 Å². The fourth-order valence-electron chi connectivity index (χ4n) is 4.25. The largest absolute Gasteiger partial charge is 0.381 e. The third kappa shape index (κ3) is 3.87. The van der Waals surface area contributed by atoms with Gasteiger partial charge in [-0.3, -0.25) is 9.59 Å². The van der Waals surface area contributed by atoms with Crippen LogP contribution in [0.15, 0.2) is 0 Å². The van der Waals surface area contributed by atoms with Crippen molar-refractivity contribution in [2.45, 2.75) is 70.4 Å². The maximum absolute atomic E-state index is 12.7. The fourth-order valence-corrected chi connectivity index (χ4v) is 4.25. The fraction of sp³-hybridized carbons (Fsp3) is 0.889. The van der Waals surface area contributed by atoms with E-state index in [-0.39, 0.29) is 17.7 Å². The van der Waals surface area contributed by atoms with Crippen molar-refractivity contribution in [1.29, 1.82) is 0 Å². The zero-order valence-corrected chi connectivity index (χ0v) is 14.3. The highest BCUT2D eigenvalue weighted by atomic mass is 16.5. The van der Waals surface area contributed by atoms with Crippen molar-refractivity contribution in [3.05, 3.63) is 0 Å². The first kappa shape index (κ1) is 16.7. The Morgan fingerprint density at radius 1 is 0.957 bits per heavy atom. The number of ether oxygens (including phenoxy) is 1. The van der Waals surface area contributed by atoms with Gasteiger partial charge in [0.2, 0.25) is 11.8 Å². The van der Waals surface area contributed by atoms with Gasteiger partial charge in [0, 0.05) is 38.7 Å². The van der Waals surface area contributed by atoms with E-state index >= 15 is 0 Å². The van der Waals surface area contributed by atoms with Crippen LogP contribution < -0.4 is 0 Å². The highest BCUT2D eigenvalue weighted by Gasteiger charge is 2.35. The molecular formula is C18H30N2O3. The summed E-state index contributed by atoms with van der Waals surface area (Å²) in [4.78, 5) is 28.9. The number of amides is 2. The van der Waals surface area contributed by atoms with Gasteiger partial charge in [0.15, 0.2) is 0 Å². The zero-order valence-electron chi connectivity index (χ0n) is 14.3. The Bertz CT molecular complexity index is 430. The maximum Gasteiger partial charge on any atom is 0.228 e. The lowest BCUT2D eigenvalue weighted by atomic mass is 9.89. The molecule has 0 aromatic heterocycles. The predicted octanol–water partition coefficient (Wildman–Crippen LogP) is 2.20. The lowest BCUT2D eigenvalue weighted by molar-refractivity contribution is -0.139. The number of nitrogens with zero attached hydrogens (tertiary/aromatic N) is 2. The van der Waals surface area contributed by atoms with Crippen molar-refractivity contribution >= 4 is 11.8 Å². The van der Waals surface area contributed by atoms with Crippen LogP contribution in [0, 0.1) is 5.92 Å². The van der Waals surface area contributed by atoms with E-state index in [9.17, 15) is 9.59 Å². The molecule has 0 radical (unpaired) electrons. The summed E-state index contributed by atoms with van der Waals surface area (Å²) in [7, 11) is 0. The molecule has 2 heterocycles. The Morgan fingerprint density at radius 3 is 2.30 bits per heavy atom. The Labute approximate surface area is 139 Å². The second-order valence-corrected chi connectivity index (χ2v) is 7.34. The lowest BCUT2D eigenvalue weighted by Gasteiger charge is -2.42. The molecule has 1 saturated carbocycles. The highest BCUT2D eigenvalue weighted by Crippen LogP contribution is 2.30. The molecule has 0 aromatic rings. The Kier molecular flexibility index (Phi) is 5.57. The summed E-state index contributed by atoms with van der Waals surface area (Å²) in [6.07, 6.45) is 8.45. The van der Waals surface area contributed by atoms with Crippen LogP contribution in [0.3, 0.4) is 0 Å². The van der Waals surface area contributed by atoms with E-state index in [1.54, 1.807) is 6.92 Å². The molecule has 23 heavy (non-hydrogen) atoms. The monoisotopic (exact) mass is 322 g/mol. The maximum atomic E-state index is 12.7. The average molecular weight is 322 g/mol. The minimum absolute atomic E-state index is 0.0517. The molecule has 130 valence electrons. The molecular weight excluding hydrogens is 292 g/mol. The van der Waals surface area contributed by atoms with Crippen LogP contribution >= 0.6 is 0 Å². The van der Waals surface area contributed by atoms with Gasteiger partial charge in [-0.25, -0.2) is 0 Å². The summed E-state index contributed by atoms with van der Waals surface area (Å²) in [6, 6.07) is 0.768. The number of carbonyl (C=O) groups excluding carboxylic acids is 2. The Balaban J connectivity index is 1.57. The molecule has 3 aliphatic rings. The SMILES string of the molecule is CC(=O)N(C1CCC1)[C@H]1CCCN(C(=O)[C@H]2CCCOC2)CC1. The van der Waals surface area contributed by atoms with Crippen LogP contribution in [0.2, 0.25) is 0 Å². The van der Waals surface area contributed by atoms with Crippen LogP contribution in [0.5, 0.6) is 0 Å². The molecule has 0 unspecified atom stereocenters. The van der Waals surface area contributed by atoms with E-state index in [4.69, 9.17) is 4.74 Å². The van der Waals surface area contributed by atoms with Gasteiger partial charge < -0.3 is 14.5 Å². The second-order valence-electron chi connectivity index (χ2n) is 7.34. The standard InChI is InChI=1S/C18H30N2O3/c1-14(21)20(16-6-2-7-16)17-8-3-10-19(11-9-17)18(22)15-5-4-12-23-13-15/h15-17H,2-13H2,1H3/t15-,17-/m0/s1. The van der Waals surface area contributed by atoms with Crippen molar-refractivity contribution in [2.24, 2.45) is 5.92 Å². The van der Waals surface area contributed by atoms with Crippen molar-refractivity contribution in [2.75, 3.05) is 26.3 Å². The van der Waals surface area contributed by atoms with E-state index in [0.717, 1.165) is 64.6 Å². The molecule has 0 N–H and O–H groups in total. The summed E-state index contributed by atoms with van der Waals surface area (Å²) in [5.74, 6) is 0.527. The molecule has 2 aliphatic heterocycles. The third-order valence-corrected chi connectivity index (χ3v) is 5.74. The van der Waals surface area contributed by atoms with Crippen LogP contribution in [-0.2, 0) is 14.3 Å². The first-order chi connectivity index (χ1) is 11.2. The molecule has 5 heteroatoms. The number of hydrogen-bond donors (Lipinski definition) is 0. The van der Waals surface area contributed by atoms with Crippen LogP contribution in [0.4, 0.5) is 0 Å². The smallest absolute Gasteiger partial charge is 0.228 e. The van der Waals surface area contributed by atoms with Crippen LogP contribution in [-0.4, -0.2) is 60.0 Å². The molecule has 0 bridgehead atoms. The first-order valence-corrected chi connectivity index (χ1v) is 9.32. The number of rotatable bonds is 3. The van der Waals surface area contributed by atoms with E-state index in [2.05, 4.69) is 4.90 Å². The van der Waals surface area contributed by atoms with Gasteiger partial charge in [-0.2, -0.15) is 0 Å². The van der Waals surface area contributed by atoms with Crippen molar-refractivity contribution in [3.8, 4) is 0 Å². The zero-order chi connectivity index (χ0) is 16.2. The highest BCUT2D eigenvalue weighted by molar-refractivity contribution is 5.79. The number of hydrogen-bond acceptors (Lipinski definition) is 3. The summed E-state index contributed by atoms with van der Waals surface area (Å²) >= 11 is 0. The van der Waals surface area contributed by atoms with Crippen molar-refractivity contribution in [1.82, 2.24) is 9.80 Å². The number of carbonyl (C=O) groups is 2. The minimum atomic E-state index is 0.0517. The quantitative estimate of drug-likeness (QED) is 0.800. The first-order valence-electron chi connectivity index (χ1n) is 9.32. The second kappa shape index (κ2) is 7.65. The average Bonchev–Trinajstić information content (AvgIpc) is 2.76. The van der Waals surface area contributed by atoms with E-state index in [1.165, 1.54) is 6.42 Å². The van der Waals surface area contributed by atoms with E-state index in [1.807, 2.05) is 4.90 Å². The molecule has 2 saturated heterocycles. The topological polar surface area (TPSA) is 49.9 Å². The van der Waals surface area contributed by atoms with Gasteiger partial charge in [0.1, 0.15) is 0 Å². The lowest BCUT2D eigenvalue weighted by Crippen LogP contribution is -2.49. The Morgan fingerprint density at radius 2 is 1.70 bits per heavy atom. The van der Waals surface area contributed by atoms with Crippen molar-refractivity contribution in [3.63, 3.8) is 0 Å². The summed E-state index contributed by atoms with van der Waals surface area (Å²) in [6.45, 7) is 4.70. The normalized spacial score (nSPS) is 29.5. The third-order valence-electron chi connectivity index (χ3n) is 5.74. The summed E-state index contributed by atoms with van der Waals surface area (Å²) < 4.78 is 5.47. The minimum Gasteiger partial charge on any atom is -0.381 e. The molecule has 2 atom stereocenters. The van der Waals surface area contributed by atoms with E-state index < -0.39 is 0 Å². The van der Waals surface area contributed by atoms with Crippen LogP contribution in [0.1, 0.15) is 58.3 Å². The molecule has 0 aromatic carbocycles. The Hall–Kier alpha value is -1.10. The van der Waals surface area contributed by atoms with Gasteiger partial charge in [-0.1, -0.05) is 0 Å². The van der Waals surface area contributed by atoms with Gasteiger partial charge in [0.05, 0.1) is 12.5 Å². The molecule has 0 spiro atoms. The van der Waals surface area contributed by atoms with Gasteiger partial charge in [-0.05, 0) is 51.4 Å². The predicted molar refractivity (Wildman–Crippen MR) is 87.9 cm³/mol. The molecule has 5 nitrogen and oxygen atoms in total. The van der Waals surface area contributed by atoms with Gasteiger partial charge in [0.25, 0.3) is 0 Å². The van der Waals surface area contributed by atoms with Gasteiger partial charge >= 0.3 is 0 Å². The molecule has 3 rings (SSSR count). The molecule has 1 aliphatic carbocycles. The van der Waals surface area contributed by atoms with Gasteiger partial charge in [-0.15, -0.1) is 0 Å². The molecule has 2 amide bonds. The number of likely N-dealkylation sites (tertiary alicyclic amines) is 1. The summed E-state index contributed by atoms with van der Waals surface area (Å²) in [5.41, 5.74) is 0.